The zero-order chi connectivity index (χ0) is 16.1. The van der Waals surface area contributed by atoms with Crippen LogP contribution in [0.2, 0.25) is 0 Å². The Hall–Kier alpha value is -0.600. The summed E-state index contributed by atoms with van der Waals surface area (Å²) in [5.74, 6) is 0.980. The first-order valence-corrected chi connectivity index (χ1v) is 8.93. The summed E-state index contributed by atoms with van der Waals surface area (Å²) in [5, 5.41) is 10.8. The van der Waals surface area contributed by atoms with E-state index < -0.39 is 0 Å². The lowest BCUT2D eigenvalue weighted by molar-refractivity contribution is 0.0227. The number of aliphatic hydroxyl groups is 1. The van der Waals surface area contributed by atoms with Crippen LogP contribution >= 0.6 is 0 Å². The Morgan fingerprint density at radius 3 is 2.82 bits per heavy atom. The Labute approximate surface area is 135 Å². The third kappa shape index (κ3) is 2.69. The Morgan fingerprint density at radius 2 is 2.14 bits per heavy atom. The second kappa shape index (κ2) is 5.49. The SMILES string of the molecule is C=C(C)[C@H]1C[C@@H](O)[C@@]2(C)C[C@H]3O[C@]3(C)CC/C=C(/C)CC[C@H]12. The Kier molecular flexibility index (Phi) is 4.06. The van der Waals surface area contributed by atoms with Crippen molar-refractivity contribution in [3.8, 4) is 0 Å². The molecule has 1 heterocycles. The second-order valence-electron chi connectivity index (χ2n) is 8.57. The van der Waals surface area contributed by atoms with Gasteiger partial charge in [-0.05, 0) is 76.5 Å². The summed E-state index contributed by atoms with van der Waals surface area (Å²) < 4.78 is 6.07. The minimum Gasteiger partial charge on any atom is -0.393 e. The van der Waals surface area contributed by atoms with Crippen molar-refractivity contribution in [2.45, 2.75) is 84.0 Å². The van der Waals surface area contributed by atoms with Crippen molar-refractivity contribution in [2.24, 2.45) is 17.3 Å². The van der Waals surface area contributed by atoms with Crippen LogP contribution in [0.1, 0.15) is 66.2 Å². The van der Waals surface area contributed by atoms with E-state index in [-0.39, 0.29) is 17.1 Å². The highest BCUT2D eigenvalue weighted by molar-refractivity contribution is 5.15. The highest BCUT2D eigenvalue weighted by Crippen LogP contribution is 2.58. The normalized spacial score (nSPS) is 51.0. The molecule has 0 aromatic carbocycles. The van der Waals surface area contributed by atoms with Crippen molar-refractivity contribution in [2.75, 3.05) is 0 Å². The zero-order valence-corrected chi connectivity index (χ0v) is 14.7. The predicted octanol–water partition coefficient (Wildman–Crippen LogP) is 4.63. The van der Waals surface area contributed by atoms with E-state index >= 15 is 0 Å². The van der Waals surface area contributed by atoms with Crippen LogP contribution in [0, 0.1) is 17.3 Å². The van der Waals surface area contributed by atoms with Gasteiger partial charge in [-0.3, -0.25) is 0 Å². The molecule has 6 atom stereocenters. The standard InChI is InChI=1S/C20H32O2/c1-13(2)15-11-17(21)19(4)12-18-20(5,22-18)10-6-7-14(3)8-9-16(15)19/h7,15-18,21H,1,6,8-12H2,2-5H3/b14-7-/t15-,16-,17-,18-,19+,20-/m1/s1. The van der Waals surface area contributed by atoms with E-state index in [1.54, 1.807) is 0 Å². The molecule has 1 aliphatic heterocycles. The first-order chi connectivity index (χ1) is 10.3. The van der Waals surface area contributed by atoms with Crippen LogP contribution in [0.5, 0.6) is 0 Å². The minimum absolute atomic E-state index is 0.0311. The summed E-state index contributed by atoms with van der Waals surface area (Å²) in [6.45, 7) is 13.1. The molecular weight excluding hydrogens is 272 g/mol. The zero-order valence-electron chi connectivity index (χ0n) is 14.7. The maximum Gasteiger partial charge on any atom is 0.0923 e. The van der Waals surface area contributed by atoms with Crippen LogP contribution in [-0.2, 0) is 4.74 Å². The maximum atomic E-state index is 10.8. The fourth-order valence-corrected chi connectivity index (χ4v) is 5.00. The van der Waals surface area contributed by atoms with Gasteiger partial charge in [0.2, 0.25) is 0 Å². The van der Waals surface area contributed by atoms with Gasteiger partial charge in [0.25, 0.3) is 0 Å². The molecule has 3 aliphatic rings. The molecule has 1 N–H and O–H groups in total. The summed E-state index contributed by atoms with van der Waals surface area (Å²) >= 11 is 0. The van der Waals surface area contributed by atoms with Crippen LogP contribution in [0.3, 0.4) is 0 Å². The molecule has 0 radical (unpaired) electrons. The van der Waals surface area contributed by atoms with Crippen LogP contribution in [0.4, 0.5) is 0 Å². The number of epoxide rings is 1. The molecule has 2 aliphatic carbocycles. The van der Waals surface area contributed by atoms with E-state index in [1.165, 1.54) is 11.1 Å². The molecule has 22 heavy (non-hydrogen) atoms. The smallest absolute Gasteiger partial charge is 0.0923 e. The molecule has 0 amide bonds. The van der Waals surface area contributed by atoms with Crippen LogP contribution in [-0.4, -0.2) is 22.9 Å². The summed E-state index contributed by atoms with van der Waals surface area (Å²) in [6, 6.07) is 0. The van der Waals surface area contributed by atoms with Crippen molar-refractivity contribution in [3.05, 3.63) is 23.8 Å². The van der Waals surface area contributed by atoms with Crippen molar-refractivity contribution >= 4 is 0 Å². The minimum atomic E-state index is -0.224. The quantitative estimate of drug-likeness (QED) is 0.566. The molecular formula is C20H32O2. The van der Waals surface area contributed by atoms with Gasteiger partial charge in [0.05, 0.1) is 17.8 Å². The average Bonchev–Trinajstić information content (AvgIpc) is 2.97. The second-order valence-corrected chi connectivity index (χ2v) is 8.57. The number of aliphatic hydroxyl groups excluding tert-OH is 1. The number of fused-ring (bicyclic) bond motifs is 2. The largest absolute Gasteiger partial charge is 0.393 e. The van der Waals surface area contributed by atoms with Gasteiger partial charge in [-0.25, -0.2) is 0 Å². The van der Waals surface area contributed by atoms with Gasteiger partial charge in [-0.2, -0.15) is 0 Å². The van der Waals surface area contributed by atoms with E-state index in [9.17, 15) is 5.11 Å². The Balaban J connectivity index is 1.90. The van der Waals surface area contributed by atoms with Gasteiger partial charge in [0, 0.05) is 0 Å². The average molecular weight is 304 g/mol. The molecule has 0 bridgehead atoms. The van der Waals surface area contributed by atoms with E-state index in [0.29, 0.717) is 17.9 Å². The number of ether oxygens (including phenoxy) is 1. The molecule has 1 saturated heterocycles. The van der Waals surface area contributed by atoms with E-state index in [4.69, 9.17) is 4.74 Å². The molecule has 2 heteroatoms. The molecule has 1 saturated carbocycles. The predicted molar refractivity (Wildman–Crippen MR) is 90.6 cm³/mol. The molecule has 2 fully saturated rings. The number of hydrogen-bond acceptors (Lipinski definition) is 2. The Bertz CT molecular complexity index is 494. The highest BCUT2D eigenvalue weighted by Gasteiger charge is 2.59. The van der Waals surface area contributed by atoms with Crippen molar-refractivity contribution < 1.29 is 9.84 Å². The number of allylic oxidation sites excluding steroid dienone is 3. The fourth-order valence-electron chi connectivity index (χ4n) is 5.00. The third-order valence-corrected chi connectivity index (χ3v) is 6.85. The van der Waals surface area contributed by atoms with Gasteiger partial charge in [0.15, 0.2) is 0 Å². The lowest BCUT2D eigenvalue weighted by Gasteiger charge is -2.36. The molecule has 0 spiro atoms. The van der Waals surface area contributed by atoms with Crippen molar-refractivity contribution in [1.82, 2.24) is 0 Å². The highest BCUT2D eigenvalue weighted by atomic mass is 16.6. The van der Waals surface area contributed by atoms with Gasteiger partial charge in [0.1, 0.15) is 0 Å². The van der Waals surface area contributed by atoms with Crippen LogP contribution in [0.25, 0.3) is 0 Å². The molecule has 3 rings (SSSR count). The summed E-state index contributed by atoms with van der Waals surface area (Å²) in [5.41, 5.74) is 2.74. The van der Waals surface area contributed by atoms with E-state index in [2.05, 4.69) is 40.3 Å². The first kappa shape index (κ1) is 16.3. The first-order valence-electron chi connectivity index (χ1n) is 8.93. The fraction of sp³-hybridized carbons (Fsp3) is 0.800. The third-order valence-electron chi connectivity index (χ3n) is 6.85. The van der Waals surface area contributed by atoms with Gasteiger partial charge in [-0.1, -0.05) is 30.7 Å². The molecule has 0 aromatic rings. The monoisotopic (exact) mass is 304 g/mol. The van der Waals surface area contributed by atoms with Crippen LogP contribution < -0.4 is 0 Å². The van der Waals surface area contributed by atoms with E-state index in [0.717, 1.165) is 38.5 Å². The molecule has 2 nitrogen and oxygen atoms in total. The molecule has 0 unspecified atom stereocenters. The number of hydrogen-bond donors (Lipinski definition) is 1. The lowest BCUT2D eigenvalue weighted by atomic mass is 9.69. The van der Waals surface area contributed by atoms with Gasteiger partial charge >= 0.3 is 0 Å². The van der Waals surface area contributed by atoms with Gasteiger partial charge in [-0.15, -0.1) is 0 Å². The maximum absolute atomic E-state index is 10.8. The van der Waals surface area contributed by atoms with Crippen molar-refractivity contribution in [1.29, 1.82) is 0 Å². The summed E-state index contributed by atoms with van der Waals surface area (Å²) in [4.78, 5) is 0. The molecule has 0 aromatic heterocycles. The molecule has 124 valence electrons. The summed E-state index contributed by atoms with van der Waals surface area (Å²) in [6.07, 6.45) is 8.91. The van der Waals surface area contributed by atoms with E-state index in [1.807, 2.05) is 0 Å². The van der Waals surface area contributed by atoms with Gasteiger partial charge < -0.3 is 9.84 Å². The lowest BCUT2D eigenvalue weighted by Crippen LogP contribution is -2.36. The number of rotatable bonds is 1. The topological polar surface area (TPSA) is 32.8 Å². The Morgan fingerprint density at radius 1 is 1.41 bits per heavy atom. The van der Waals surface area contributed by atoms with Crippen LogP contribution in [0.15, 0.2) is 23.8 Å². The summed E-state index contributed by atoms with van der Waals surface area (Å²) in [7, 11) is 0. The van der Waals surface area contributed by atoms with Crippen molar-refractivity contribution in [3.63, 3.8) is 0 Å².